The molecule has 0 saturated carbocycles. The van der Waals surface area contributed by atoms with Gasteiger partial charge in [0.05, 0.1) is 47.2 Å². The molecule has 0 unspecified atom stereocenters. The lowest BCUT2D eigenvalue weighted by Gasteiger charge is -2.25. The van der Waals surface area contributed by atoms with Crippen LogP contribution in [0.25, 0.3) is 6.08 Å². The molecule has 0 bridgehead atoms. The Bertz CT molecular complexity index is 1880. The molecule has 1 aliphatic rings. The number of hydrogen-bond acceptors (Lipinski definition) is 8. The van der Waals surface area contributed by atoms with Gasteiger partial charge in [0.25, 0.3) is 5.56 Å². The number of methoxy groups -OCH3 is 1. The van der Waals surface area contributed by atoms with Crippen molar-refractivity contribution in [3.63, 3.8) is 0 Å². The van der Waals surface area contributed by atoms with Crippen molar-refractivity contribution in [3.05, 3.63) is 126 Å². The van der Waals surface area contributed by atoms with Crippen LogP contribution in [0.4, 0.5) is 0 Å². The maximum Gasteiger partial charge on any atom is 0.338 e. The lowest BCUT2D eigenvalue weighted by molar-refractivity contribution is -0.136. The standard InChI is InChI=1S/C33H29N3O5S/c1-4-25-29(32(38)39-3)30(22-11-7-6-8-12-22)36-31(37)28(42-33(36)35-25)18-21-15-16-26(27(17-21)40-5-2)41-20-24-14-10-9-13-23(24)19-34/h6-18,30H,4-5,20H2,1-3H3/b28-18-/t30-/m0/s1. The van der Waals surface area contributed by atoms with Crippen LogP contribution in [0.15, 0.2) is 93.9 Å². The number of hydrogen-bond donors (Lipinski definition) is 0. The molecule has 8 nitrogen and oxygen atoms in total. The predicted octanol–water partition coefficient (Wildman–Crippen LogP) is 4.65. The summed E-state index contributed by atoms with van der Waals surface area (Å²) in [5.74, 6) is 0.549. The third-order valence-electron chi connectivity index (χ3n) is 6.85. The first-order valence-corrected chi connectivity index (χ1v) is 14.4. The van der Waals surface area contributed by atoms with E-state index in [4.69, 9.17) is 19.2 Å². The minimum Gasteiger partial charge on any atom is -0.490 e. The van der Waals surface area contributed by atoms with E-state index in [1.807, 2.05) is 74.5 Å². The smallest absolute Gasteiger partial charge is 0.338 e. The molecular formula is C33H29N3O5S. The van der Waals surface area contributed by atoms with Gasteiger partial charge in [-0.15, -0.1) is 0 Å². The zero-order valence-electron chi connectivity index (χ0n) is 23.5. The largest absolute Gasteiger partial charge is 0.490 e. The second-order valence-electron chi connectivity index (χ2n) is 9.40. The summed E-state index contributed by atoms with van der Waals surface area (Å²) < 4.78 is 19.1. The topological polar surface area (TPSA) is 103 Å². The number of aromatic nitrogens is 1. The lowest BCUT2D eigenvalue weighted by atomic mass is 9.95. The minimum absolute atomic E-state index is 0.212. The van der Waals surface area contributed by atoms with Crippen LogP contribution in [-0.4, -0.2) is 24.3 Å². The summed E-state index contributed by atoms with van der Waals surface area (Å²) in [5.41, 5.74) is 3.58. The fraction of sp³-hybridized carbons (Fsp3) is 0.212. The zero-order chi connectivity index (χ0) is 29.6. The Kier molecular flexibility index (Phi) is 8.65. The monoisotopic (exact) mass is 579 g/mol. The van der Waals surface area contributed by atoms with Gasteiger partial charge in [0.1, 0.15) is 6.61 Å². The highest BCUT2D eigenvalue weighted by atomic mass is 32.1. The van der Waals surface area contributed by atoms with Gasteiger partial charge in [-0.05, 0) is 48.7 Å². The number of allylic oxidation sites excluding steroid dienone is 1. The number of nitrogens with zero attached hydrogens (tertiary/aromatic N) is 3. The molecule has 5 rings (SSSR count). The van der Waals surface area contributed by atoms with E-state index in [2.05, 4.69) is 6.07 Å². The van der Waals surface area contributed by atoms with Crippen LogP contribution in [0.1, 0.15) is 48.6 Å². The summed E-state index contributed by atoms with van der Waals surface area (Å²) in [4.78, 5) is 32.1. The van der Waals surface area contributed by atoms with Crippen molar-refractivity contribution in [1.29, 1.82) is 5.26 Å². The predicted molar refractivity (Wildman–Crippen MR) is 160 cm³/mol. The highest BCUT2D eigenvalue weighted by molar-refractivity contribution is 7.07. The van der Waals surface area contributed by atoms with E-state index in [-0.39, 0.29) is 12.2 Å². The van der Waals surface area contributed by atoms with E-state index in [0.717, 1.165) is 16.7 Å². The normalized spacial score (nSPS) is 14.5. The molecule has 1 atom stereocenters. The van der Waals surface area contributed by atoms with Crippen LogP contribution >= 0.6 is 11.3 Å². The van der Waals surface area contributed by atoms with Gasteiger partial charge in [0.2, 0.25) is 0 Å². The first-order chi connectivity index (χ1) is 20.5. The van der Waals surface area contributed by atoms with Crippen molar-refractivity contribution < 1.29 is 19.0 Å². The summed E-state index contributed by atoms with van der Waals surface area (Å²) >= 11 is 1.27. The molecule has 3 aromatic carbocycles. The Morgan fingerprint density at radius 1 is 1.05 bits per heavy atom. The molecule has 42 heavy (non-hydrogen) atoms. The van der Waals surface area contributed by atoms with Gasteiger partial charge in [-0.1, -0.05) is 72.9 Å². The summed E-state index contributed by atoms with van der Waals surface area (Å²) in [6.45, 7) is 4.44. The average Bonchev–Trinajstić information content (AvgIpc) is 3.33. The Morgan fingerprint density at radius 2 is 1.81 bits per heavy atom. The Balaban J connectivity index is 1.56. The number of carbonyl (C=O) groups is 1. The molecule has 212 valence electrons. The van der Waals surface area contributed by atoms with E-state index >= 15 is 0 Å². The Hall–Kier alpha value is -4.94. The van der Waals surface area contributed by atoms with Crippen molar-refractivity contribution >= 4 is 23.4 Å². The highest BCUT2D eigenvalue weighted by Crippen LogP contribution is 2.32. The maximum absolute atomic E-state index is 13.9. The quantitative estimate of drug-likeness (QED) is 0.268. The summed E-state index contributed by atoms with van der Waals surface area (Å²) in [6.07, 6.45) is 2.30. The number of benzene rings is 3. The number of fused-ring (bicyclic) bond motifs is 1. The van der Waals surface area contributed by atoms with E-state index < -0.39 is 12.0 Å². The van der Waals surface area contributed by atoms with Crippen LogP contribution in [-0.2, 0) is 16.1 Å². The lowest BCUT2D eigenvalue weighted by Crippen LogP contribution is -2.40. The van der Waals surface area contributed by atoms with Crippen molar-refractivity contribution in [2.45, 2.75) is 32.9 Å². The number of ether oxygens (including phenoxy) is 3. The van der Waals surface area contributed by atoms with E-state index in [1.165, 1.54) is 18.4 Å². The molecule has 1 aromatic heterocycles. The molecule has 0 N–H and O–H groups in total. The summed E-state index contributed by atoms with van der Waals surface area (Å²) in [7, 11) is 1.33. The molecule has 0 saturated heterocycles. The van der Waals surface area contributed by atoms with Gasteiger partial charge in [-0.3, -0.25) is 9.36 Å². The fourth-order valence-corrected chi connectivity index (χ4v) is 5.90. The van der Waals surface area contributed by atoms with E-state index in [1.54, 1.807) is 22.8 Å². The summed E-state index contributed by atoms with van der Waals surface area (Å²) in [5, 5.41) is 9.39. The van der Waals surface area contributed by atoms with Gasteiger partial charge in [-0.25, -0.2) is 9.79 Å². The zero-order valence-corrected chi connectivity index (χ0v) is 24.3. The molecule has 0 spiro atoms. The maximum atomic E-state index is 13.9. The molecule has 0 fully saturated rings. The summed E-state index contributed by atoms with van der Waals surface area (Å²) in [6, 6.07) is 23.7. The van der Waals surface area contributed by atoms with Gasteiger partial charge >= 0.3 is 5.97 Å². The van der Waals surface area contributed by atoms with Crippen LogP contribution in [0, 0.1) is 11.3 Å². The number of thiazole rings is 1. The van der Waals surface area contributed by atoms with Crippen LogP contribution < -0.4 is 24.4 Å². The molecule has 0 amide bonds. The average molecular weight is 580 g/mol. The molecular weight excluding hydrogens is 550 g/mol. The number of rotatable bonds is 9. The van der Waals surface area contributed by atoms with Gasteiger partial charge in [0, 0.05) is 5.56 Å². The van der Waals surface area contributed by atoms with Crippen molar-refractivity contribution in [3.8, 4) is 17.6 Å². The minimum atomic E-state index is -0.655. The number of carbonyl (C=O) groups excluding carboxylic acids is 1. The Morgan fingerprint density at radius 3 is 2.52 bits per heavy atom. The first kappa shape index (κ1) is 28.6. The second-order valence-corrected chi connectivity index (χ2v) is 10.4. The van der Waals surface area contributed by atoms with Gasteiger partial charge in [-0.2, -0.15) is 5.26 Å². The SMILES string of the molecule is CCOc1cc(/C=c2\sc3n(c2=O)[C@@H](c2ccccc2)C(C(=O)OC)=C(CC)N=3)ccc1OCc1ccccc1C#N. The second kappa shape index (κ2) is 12.7. The molecule has 2 heterocycles. The highest BCUT2D eigenvalue weighted by Gasteiger charge is 2.33. The molecule has 4 aromatic rings. The number of nitriles is 1. The van der Waals surface area contributed by atoms with Crippen molar-refractivity contribution in [2.75, 3.05) is 13.7 Å². The van der Waals surface area contributed by atoms with E-state index in [9.17, 15) is 14.9 Å². The number of esters is 1. The van der Waals surface area contributed by atoms with Gasteiger partial charge in [0.15, 0.2) is 16.3 Å². The molecule has 1 aliphatic heterocycles. The third-order valence-corrected chi connectivity index (χ3v) is 7.83. The first-order valence-electron chi connectivity index (χ1n) is 13.5. The van der Waals surface area contributed by atoms with E-state index in [0.29, 0.717) is 50.7 Å². The van der Waals surface area contributed by atoms with Crippen LogP contribution in [0.2, 0.25) is 0 Å². The van der Waals surface area contributed by atoms with Crippen molar-refractivity contribution in [1.82, 2.24) is 4.57 Å². The molecule has 0 aliphatic carbocycles. The Labute approximate surface area is 247 Å². The van der Waals surface area contributed by atoms with Crippen LogP contribution in [0.5, 0.6) is 11.5 Å². The molecule has 9 heteroatoms. The fourth-order valence-electron chi connectivity index (χ4n) is 4.88. The third kappa shape index (κ3) is 5.62. The molecule has 0 radical (unpaired) electrons. The van der Waals surface area contributed by atoms with Crippen LogP contribution in [0.3, 0.4) is 0 Å². The van der Waals surface area contributed by atoms with Gasteiger partial charge < -0.3 is 14.2 Å². The van der Waals surface area contributed by atoms with Crippen molar-refractivity contribution in [2.24, 2.45) is 4.99 Å².